The van der Waals surface area contributed by atoms with Crippen LogP contribution in [0, 0.1) is 0 Å². The fourth-order valence-corrected chi connectivity index (χ4v) is 2.11. The molecule has 0 aliphatic carbocycles. The van der Waals surface area contributed by atoms with Crippen molar-refractivity contribution < 1.29 is 9.47 Å². The van der Waals surface area contributed by atoms with Crippen LogP contribution in [-0.4, -0.2) is 19.2 Å². The van der Waals surface area contributed by atoms with Crippen molar-refractivity contribution in [3.63, 3.8) is 0 Å². The van der Waals surface area contributed by atoms with Crippen LogP contribution in [0.15, 0.2) is 27.5 Å². The highest BCUT2D eigenvalue weighted by molar-refractivity contribution is 9.10. The molecule has 1 aromatic heterocycles. The topological polar surface area (TPSA) is 51.3 Å². The number of aromatic nitrogens is 1. The van der Waals surface area contributed by atoms with Gasteiger partial charge in [0.2, 0.25) is 0 Å². The summed E-state index contributed by atoms with van der Waals surface area (Å²) in [4.78, 5) is 14.8. The van der Waals surface area contributed by atoms with Crippen LogP contribution in [0.3, 0.4) is 0 Å². The maximum atomic E-state index is 11.7. The fraction of sp³-hybridized carbons (Fsp3) is 0.182. The van der Waals surface area contributed by atoms with Gasteiger partial charge >= 0.3 is 0 Å². The van der Waals surface area contributed by atoms with Gasteiger partial charge in [-0.05, 0) is 28.1 Å². The first kappa shape index (κ1) is 11.0. The predicted molar refractivity (Wildman–Crippen MR) is 65.4 cm³/mol. The highest BCUT2D eigenvalue weighted by atomic mass is 79.9. The maximum Gasteiger partial charge on any atom is 0.194 e. The van der Waals surface area contributed by atoms with E-state index in [9.17, 15) is 4.79 Å². The molecule has 4 nitrogen and oxygen atoms in total. The van der Waals surface area contributed by atoms with E-state index in [0.29, 0.717) is 27.0 Å². The normalized spacial score (nSPS) is 10.4. The number of rotatable bonds is 2. The van der Waals surface area contributed by atoms with E-state index in [-0.39, 0.29) is 5.43 Å². The summed E-state index contributed by atoms with van der Waals surface area (Å²) < 4.78 is 10.9. The lowest BCUT2D eigenvalue weighted by Crippen LogP contribution is -2.04. The number of pyridine rings is 1. The molecule has 0 unspecified atom stereocenters. The maximum absolute atomic E-state index is 11.7. The van der Waals surface area contributed by atoms with Crippen LogP contribution in [0.4, 0.5) is 0 Å². The molecular formula is C11H10BrNO3. The number of benzene rings is 1. The lowest BCUT2D eigenvalue weighted by molar-refractivity contribution is 0.398. The number of methoxy groups -OCH3 is 2. The Kier molecular flexibility index (Phi) is 2.87. The largest absolute Gasteiger partial charge is 0.495 e. The van der Waals surface area contributed by atoms with Crippen molar-refractivity contribution in [2.45, 2.75) is 0 Å². The average molecular weight is 284 g/mol. The number of hydrogen-bond acceptors (Lipinski definition) is 3. The smallest absolute Gasteiger partial charge is 0.194 e. The SMILES string of the molecule is COc1cc(=O)c2ccc(OC)c(Br)c2[nH]1. The second kappa shape index (κ2) is 4.17. The van der Waals surface area contributed by atoms with E-state index < -0.39 is 0 Å². The highest BCUT2D eigenvalue weighted by Crippen LogP contribution is 2.31. The Labute approximate surface area is 100 Å². The number of aromatic amines is 1. The zero-order valence-electron chi connectivity index (χ0n) is 8.83. The van der Waals surface area contributed by atoms with Crippen molar-refractivity contribution in [2.24, 2.45) is 0 Å². The van der Waals surface area contributed by atoms with Gasteiger partial charge in [0.15, 0.2) is 11.3 Å². The third-order valence-corrected chi connectivity index (χ3v) is 3.11. The zero-order chi connectivity index (χ0) is 11.7. The number of nitrogens with one attached hydrogen (secondary N) is 1. The van der Waals surface area contributed by atoms with E-state index >= 15 is 0 Å². The van der Waals surface area contributed by atoms with Crippen LogP contribution in [0.5, 0.6) is 11.6 Å². The second-order valence-electron chi connectivity index (χ2n) is 3.21. The van der Waals surface area contributed by atoms with E-state index in [2.05, 4.69) is 20.9 Å². The summed E-state index contributed by atoms with van der Waals surface area (Å²) in [5.41, 5.74) is 0.581. The Bertz CT molecular complexity index is 592. The van der Waals surface area contributed by atoms with E-state index in [0.717, 1.165) is 0 Å². The molecule has 0 aliphatic heterocycles. The Morgan fingerprint density at radius 2 is 2.00 bits per heavy atom. The molecule has 0 aliphatic rings. The molecular weight excluding hydrogens is 274 g/mol. The summed E-state index contributed by atoms with van der Waals surface area (Å²) in [6.45, 7) is 0. The number of H-pyrrole nitrogens is 1. The molecule has 2 rings (SSSR count). The van der Waals surface area contributed by atoms with E-state index in [1.807, 2.05) is 0 Å². The fourth-order valence-electron chi connectivity index (χ4n) is 1.51. The molecule has 84 valence electrons. The minimum Gasteiger partial charge on any atom is -0.495 e. The Hall–Kier alpha value is -1.49. The highest BCUT2D eigenvalue weighted by Gasteiger charge is 2.09. The van der Waals surface area contributed by atoms with Crippen molar-refractivity contribution >= 4 is 26.8 Å². The van der Waals surface area contributed by atoms with Crippen LogP contribution >= 0.6 is 15.9 Å². The third kappa shape index (κ3) is 1.67. The van der Waals surface area contributed by atoms with Crippen LogP contribution in [0.25, 0.3) is 10.9 Å². The summed E-state index contributed by atoms with van der Waals surface area (Å²) in [5.74, 6) is 1.09. The Balaban J connectivity index is 2.86. The van der Waals surface area contributed by atoms with Gasteiger partial charge in [-0.1, -0.05) is 0 Å². The molecule has 16 heavy (non-hydrogen) atoms. The first-order valence-corrected chi connectivity index (χ1v) is 5.40. The number of ether oxygens (including phenoxy) is 2. The molecule has 0 spiro atoms. The minimum absolute atomic E-state index is 0.0889. The van der Waals surface area contributed by atoms with Gasteiger partial charge in [-0.15, -0.1) is 0 Å². The number of halogens is 1. The third-order valence-electron chi connectivity index (χ3n) is 2.32. The standard InChI is InChI=1S/C11H10BrNO3/c1-15-8-4-3-6-7(14)5-9(16-2)13-11(6)10(8)12/h3-5H,1-2H3,(H,13,14). The van der Waals surface area contributed by atoms with Crippen molar-refractivity contribution in [3.8, 4) is 11.6 Å². The molecule has 0 amide bonds. The first-order valence-electron chi connectivity index (χ1n) is 4.61. The summed E-state index contributed by atoms with van der Waals surface area (Å²) in [6.07, 6.45) is 0. The number of hydrogen-bond donors (Lipinski definition) is 1. The van der Waals surface area contributed by atoms with Gasteiger partial charge in [0, 0.05) is 11.5 Å². The Morgan fingerprint density at radius 3 is 2.62 bits per heavy atom. The molecule has 0 saturated heterocycles. The van der Waals surface area contributed by atoms with E-state index in [1.54, 1.807) is 19.2 Å². The molecule has 1 aromatic carbocycles. The molecule has 1 heterocycles. The van der Waals surface area contributed by atoms with Crippen molar-refractivity contribution in [1.82, 2.24) is 4.98 Å². The molecule has 0 fully saturated rings. The number of fused-ring (bicyclic) bond motifs is 1. The van der Waals surface area contributed by atoms with Crippen LogP contribution in [0.2, 0.25) is 0 Å². The molecule has 2 aromatic rings. The zero-order valence-corrected chi connectivity index (χ0v) is 10.4. The van der Waals surface area contributed by atoms with Gasteiger partial charge in [-0.2, -0.15) is 0 Å². The average Bonchev–Trinajstić information content (AvgIpc) is 2.30. The van der Waals surface area contributed by atoms with E-state index in [4.69, 9.17) is 9.47 Å². The molecule has 0 bridgehead atoms. The predicted octanol–water partition coefficient (Wildman–Crippen LogP) is 2.31. The quantitative estimate of drug-likeness (QED) is 0.920. The molecule has 0 radical (unpaired) electrons. The molecule has 5 heteroatoms. The van der Waals surface area contributed by atoms with Gasteiger partial charge in [0.25, 0.3) is 0 Å². The van der Waals surface area contributed by atoms with E-state index in [1.165, 1.54) is 13.2 Å². The molecule has 0 atom stereocenters. The van der Waals surface area contributed by atoms with Gasteiger partial charge in [-0.25, -0.2) is 0 Å². The Morgan fingerprint density at radius 1 is 1.25 bits per heavy atom. The summed E-state index contributed by atoms with van der Waals surface area (Å²) in [5, 5.41) is 0.591. The second-order valence-corrected chi connectivity index (χ2v) is 4.00. The lowest BCUT2D eigenvalue weighted by atomic mass is 10.2. The van der Waals surface area contributed by atoms with Crippen LogP contribution in [0.1, 0.15) is 0 Å². The van der Waals surface area contributed by atoms with Crippen molar-refractivity contribution in [2.75, 3.05) is 14.2 Å². The summed E-state index contributed by atoms with van der Waals surface area (Å²) in [7, 11) is 3.08. The van der Waals surface area contributed by atoms with Crippen molar-refractivity contribution in [3.05, 3.63) is 32.9 Å². The van der Waals surface area contributed by atoms with Gasteiger partial charge in [-0.3, -0.25) is 4.79 Å². The lowest BCUT2D eigenvalue weighted by Gasteiger charge is -2.08. The van der Waals surface area contributed by atoms with Gasteiger partial charge in [0.05, 0.1) is 24.2 Å². The molecule has 1 N–H and O–H groups in total. The molecule has 0 saturated carbocycles. The minimum atomic E-state index is -0.0889. The van der Waals surface area contributed by atoms with Crippen molar-refractivity contribution in [1.29, 1.82) is 0 Å². The van der Waals surface area contributed by atoms with Crippen LogP contribution in [-0.2, 0) is 0 Å². The summed E-state index contributed by atoms with van der Waals surface area (Å²) >= 11 is 3.39. The summed E-state index contributed by atoms with van der Waals surface area (Å²) in [6, 6.07) is 4.88. The first-order chi connectivity index (χ1) is 7.67. The monoisotopic (exact) mass is 283 g/mol. The van der Waals surface area contributed by atoms with Crippen LogP contribution < -0.4 is 14.9 Å². The van der Waals surface area contributed by atoms with Gasteiger partial charge in [0.1, 0.15) is 5.75 Å². The van der Waals surface area contributed by atoms with Gasteiger partial charge < -0.3 is 14.5 Å².